The van der Waals surface area contributed by atoms with Crippen LogP contribution in [0.2, 0.25) is 10.0 Å². The largest absolute Gasteiger partial charge is 0.493 e. The quantitative estimate of drug-likeness (QED) is 0.0688. The average Bonchev–Trinajstić information content (AvgIpc) is 3.03. The van der Waals surface area contributed by atoms with Gasteiger partial charge in [0.2, 0.25) is 0 Å². The third kappa shape index (κ3) is 9.22. The molecule has 12 nitrogen and oxygen atoms in total. The minimum absolute atomic E-state index is 0.142. The number of hydrogen-bond acceptors (Lipinski definition) is 10. The molecule has 250 valence electrons. The zero-order valence-electron chi connectivity index (χ0n) is 25.9. The number of halogens is 3. The highest BCUT2D eigenvalue weighted by Gasteiger charge is 2.32. The number of hydrogen-bond donors (Lipinski definition) is 4. The minimum atomic E-state index is -1.22. The van der Waals surface area contributed by atoms with Gasteiger partial charge in [0.1, 0.15) is 13.2 Å². The summed E-state index contributed by atoms with van der Waals surface area (Å²) in [5.74, 6) is 0.951. The lowest BCUT2D eigenvalue weighted by Gasteiger charge is -2.28. The number of nitrogens with one attached hydrogen (secondary N) is 3. The van der Waals surface area contributed by atoms with Crippen LogP contribution in [-0.2, 0) is 16.1 Å². The van der Waals surface area contributed by atoms with Gasteiger partial charge in [0, 0.05) is 31.3 Å². The molecule has 0 bridgehead atoms. The van der Waals surface area contributed by atoms with Crippen molar-refractivity contribution in [2.45, 2.75) is 32.7 Å². The number of esters is 1. The van der Waals surface area contributed by atoms with E-state index >= 15 is 0 Å². The lowest BCUT2D eigenvalue weighted by molar-refractivity contribution is -0.136. The summed E-state index contributed by atoms with van der Waals surface area (Å²) in [6, 6.07) is 12.4. The van der Waals surface area contributed by atoms with Crippen molar-refractivity contribution >= 4 is 57.3 Å². The summed E-state index contributed by atoms with van der Waals surface area (Å²) in [4.78, 5) is 24.7. The fraction of sp³-hybridized carbons (Fsp3) is 0.281. The van der Waals surface area contributed by atoms with Gasteiger partial charge >= 0.3 is 12.0 Å². The number of allylic oxidation sites excluding steroid dienone is 1. The van der Waals surface area contributed by atoms with Gasteiger partial charge in [-0.25, -0.2) is 9.59 Å². The molecule has 0 aromatic heterocycles. The van der Waals surface area contributed by atoms with Crippen molar-refractivity contribution in [3.63, 3.8) is 0 Å². The Morgan fingerprint density at radius 1 is 1.09 bits per heavy atom. The van der Waals surface area contributed by atoms with Crippen molar-refractivity contribution in [3.05, 3.63) is 91.0 Å². The van der Waals surface area contributed by atoms with E-state index in [1.165, 1.54) is 20.4 Å². The van der Waals surface area contributed by atoms with Gasteiger partial charge < -0.3 is 39.4 Å². The maximum atomic E-state index is 12.5. The molecule has 0 saturated carbocycles. The first-order chi connectivity index (χ1) is 22.5. The van der Waals surface area contributed by atoms with Crippen LogP contribution in [0.3, 0.4) is 0 Å². The number of aliphatic hydroxyl groups is 1. The Labute approximate surface area is 290 Å². The molecule has 2 amide bonds. The molecule has 0 aliphatic carbocycles. The topological polar surface area (TPSA) is 149 Å². The summed E-state index contributed by atoms with van der Waals surface area (Å²) in [6.07, 6.45) is 0.254. The normalized spacial score (nSPS) is 15.1. The average molecular weight is 752 g/mol. The first-order valence-electron chi connectivity index (χ1n) is 14.2. The number of ether oxygens (including phenoxy) is 5. The Bertz CT molecular complexity index is 1690. The molecule has 47 heavy (non-hydrogen) atoms. The first-order valence-corrected chi connectivity index (χ1v) is 15.8. The molecule has 0 fully saturated rings. The number of methoxy groups -OCH3 is 2. The fourth-order valence-electron chi connectivity index (χ4n) is 4.59. The lowest BCUT2D eigenvalue weighted by atomic mass is 9.95. The molecule has 0 spiro atoms. The number of urea groups is 1. The van der Waals surface area contributed by atoms with E-state index in [2.05, 4.69) is 37.1 Å². The third-order valence-electron chi connectivity index (χ3n) is 6.75. The van der Waals surface area contributed by atoms with Crippen molar-refractivity contribution in [1.82, 2.24) is 16.1 Å². The molecule has 3 aromatic rings. The molecular weight excluding hydrogens is 719 g/mol. The van der Waals surface area contributed by atoms with Crippen LogP contribution in [-0.4, -0.2) is 57.0 Å². The first kappa shape index (κ1) is 35.7. The fourth-order valence-corrected chi connectivity index (χ4v) is 5.51. The second-order valence-electron chi connectivity index (χ2n) is 9.97. The van der Waals surface area contributed by atoms with Gasteiger partial charge in [0.05, 0.1) is 38.7 Å². The molecule has 1 heterocycles. The molecule has 0 saturated heterocycles. The highest BCUT2D eigenvalue weighted by molar-refractivity contribution is 9.10. The number of benzene rings is 3. The standard InChI is InChI=1S/C32H33BrCl2N4O8/c1-5-45-25-11-18(29-28(31(41)44-4)17(2)37-32(42)38-29)7-9-24(25)46-16-27(40)39-36-14-20-10-21(33)12-26(43-3)30(20)47-15-19-6-8-22(34)13-23(19)35/h6-14,27,29,39-40H,5,15-16H2,1-4H3,(H2,37,38,42)/b36-14+/t27-,29+/m1/s1. The van der Waals surface area contributed by atoms with Crippen LogP contribution in [0.15, 0.2) is 69.4 Å². The third-order valence-corrected chi connectivity index (χ3v) is 7.80. The second-order valence-corrected chi connectivity index (χ2v) is 11.7. The molecule has 2 atom stereocenters. The summed E-state index contributed by atoms with van der Waals surface area (Å²) >= 11 is 15.8. The maximum Gasteiger partial charge on any atom is 0.337 e. The van der Waals surface area contributed by atoms with E-state index in [4.69, 9.17) is 46.9 Å². The number of amides is 2. The summed E-state index contributed by atoms with van der Waals surface area (Å²) in [6.45, 7) is 3.68. The van der Waals surface area contributed by atoms with E-state index < -0.39 is 24.3 Å². The Hall–Kier alpha value is -4.17. The Balaban J connectivity index is 1.45. The molecular formula is C32H33BrCl2N4O8. The predicted octanol–water partition coefficient (Wildman–Crippen LogP) is 5.86. The number of carbonyl (C=O) groups excluding carboxylic acids is 2. The predicted molar refractivity (Wildman–Crippen MR) is 180 cm³/mol. The van der Waals surface area contributed by atoms with Gasteiger partial charge in [-0.05, 0) is 55.8 Å². The molecule has 1 aliphatic heterocycles. The van der Waals surface area contributed by atoms with Crippen molar-refractivity contribution < 1.29 is 38.4 Å². The van der Waals surface area contributed by atoms with Crippen LogP contribution in [0, 0.1) is 0 Å². The van der Waals surface area contributed by atoms with Crippen molar-refractivity contribution in [2.75, 3.05) is 27.4 Å². The summed E-state index contributed by atoms with van der Waals surface area (Å²) < 4.78 is 28.8. The van der Waals surface area contributed by atoms with Crippen LogP contribution in [0.1, 0.15) is 36.6 Å². The summed E-state index contributed by atoms with van der Waals surface area (Å²) in [5, 5.41) is 21.1. The Morgan fingerprint density at radius 2 is 1.87 bits per heavy atom. The number of aliphatic hydroxyl groups excluding tert-OH is 1. The van der Waals surface area contributed by atoms with Crippen molar-refractivity contribution in [3.8, 4) is 23.0 Å². The van der Waals surface area contributed by atoms with Gasteiger partial charge in [-0.1, -0.05) is 51.3 Å². The Kier molecular flexibility index (Phi) is 12.6. The molecule has 0 unspecified atom stereocenters. The van der Waals surface area contributed by atoms with Gasteiger partial charge in [0.25, 0.3) is 0 Å². The molecule has 0 radical (unpaired) electrons. The molecule has 3 aromatic carbocycles. The number of hydrazone groups is 1. The lowest BCUT2D eigenvalue weighted by Crippen LogP contribution is -2.45. The van der Waals surface area contributed by atoms with Crippen molar-refractivity contribution in [1.29, 1.82) is 0 Å². The zero-order chi connectivity index (χ0) is 34.1. The van der Waals surface area contributed by atoms with Crippen LogP contribution in [0.5, 0.6) is 23.0 Å². The van der Waals surface area contributed by atoms with Crippen LogP contribution in [0.4, 0.5) is 4.79 Å². The number of nitrogens with zero attached hydrogens (tertiary/aromatic N) is 1. The van der Waals surface area contributed by atoms with Crippen LogP contribution >= 0.6 is 39.1 Å². The molecule has 1 aliphatic rings. The van der Waals surface area contributed by atoms with Gasteiger partial charge in [-0.2, -0.15) is 5.10 Å². The van der Waals surface area contributed by atoms with Crippen LogP contribution < -0.4 is 35.0 Å². The summed E-state index contributed by atoms with van der Waals surface area (Å²) in [5.41, 5.74) is 5.11. The minimum Gasteiger partial charge on any atom is -0.493 e. The van der Waals surface area contributed by atoms with E-state index in [0.717, 1.165) is 10.0 Å². The molecule has 15 heteroatoms. The van der Waals surface area contributed by atoms with E-state index in [1.807, 2.05) is 0 Å². The monoisotopic (exact) mass is 750 g/mol. The maximum absolute atomic E-state index is 12.5. The van der Waals surface area contributed by atoms with Gasteiger partial charge in [-0.15, -0.1) is 0 Å². The summed E-state index contributed by atoms with van der Waals surface area (Å²) in [7, 11) is 2.79. The second kappa shape index (κ2) is 16.6. The van der Waals surface area contributed by atoms with E-state index in [9.17, 15) is 14.7 Å². The number of carbonyl (C=O) groups is 2. The highest BCUT2D eigenvalue weighted by atomic mass is 79.9. The van der Waals surface area contributed by atoms with E-state index in [0.29, 0.717) is 56.5 Å². The van der Waals surface area contributed by atoms with Crippen molar-refractivity contribution in [2.24, 2.45) is 5.10 Å². The van der Waals surface area contributed by atoms with Gasteiger partial charge in [0.15, 0.2) is 29.2 Å². The Morgan fingerprint density at radius 3 is 2.57 bits per heavy atom. The van der Waals surface area contributed by atoms with E-state index in [1.54, 1.807) is 62.4 Å². The highest BCUT2D eigenvalue weighted by Crippen LogP contribution is 2.36. The van der Waals surface area contributed by atoms with Crippen LogP contribution in [0.25, 0.3) is 0 Å². The van der Waals surface area contributed by atoms with E-state index in [-0.39, 0.29) is 18.8 Å². The molecule has 4 rings (SSSR count). The van der Waals surface area contributed by atoms with Gasteiger partial charge in [-0.3, -0.25) is 5.43 Å². The molecule has 4 N–H and O–H groups in total. The SMILES string of the molecule is CCOc1cc([C@@H]2NC(=O)NC(C)=C2C(=O)OC)ccc1OC[C@@H](O)N/N=C/c1cc(Br)cc(OC)c1OCc1ccc(Cl)cc1Cl. The smallest absolute Gasteiger partial charge is 0.337 e. The zero-order valence-corrected chi connectivity index (χ0v) is 29.0. The number of rotatable bonds is 14.